The van der Waals surface area contributed by atoms with Gasteiger partial charge in [0.15, 0.2) is 0 Å². The van der Waals surface area contributed by atoms with Crippen LogP contribution in [0.25, 0.3) is 0 Å². The molecule has 13 heavy (non-hydrogen) atoms. The van der Waals surface area contributed by atoms with Crippen LogP contribution in [0.4, 0.5) is 0 Å². The van der Waals surface area contributed by atoms with E-state index in [0.717, 1.165) is 19.7 Å². The fourth-order valence-corrected chi connectivity index (χ4v) is 1.50. The molecule has 1 fully saturated rings. The van der Waals surface area contributed by atoms with Crippen LogP contribution >= 0.6 is 0 Å². The predicted molar refractivity (Wildman–Crippen MR) is 54.5 cm³/mol. The van der Waals surface area contributed by atoms with Gasteiger partial charge in [-0.3, -0.25) is 4.90 Å². The summed E-state index contributed by atoms with van der Waals surface area (Å²) in [7, 11) is 0. The third-order valence-electron chi connectivity index (χ3n) is 2.50. The van der Waals surface area contributed by atoms with Crippen LogP contribution in [0.1, 0.15) is 27.7 Å². The fraction of sp³-hybridized carbons (Fsp3) is 0.818. The number of ether oxygens (including phenoxy) is 1. The average Bonchev–Trinajstić information content (AvgIpc) is 2.07. The molecule has 0 aromatic heterocycles. The topological polar surface area (TPSA) is 12.5 Å². The van der Waals surface area contributed by atoms with Crippen molar-refractivity contribution in [1.29, 1.82) is 0 Å². The SMILES string of the molecule is CC#CCN1CC(C)OCC1(C)C. The Balaban J connectivity index is 2.59. The molecule has 1 heterocycles. The molecule has 1 aliphatic heterocycles. The Morgan fingerprint density at radius 2 is 2.23 bits per heavy atom. The van der Waals surface area contributed by atoms with Crippen molar-refractivity contribution in [2.45, 2.75) is 39.3 Å². The molecule has 0 spiro atoms. The summed E-state index contributed by atoms with van der Waals surface area (Å²) >= 11 is 0. The van der Waals surface area contributed by atoms with Crippen LogP contribution in [-0.4, -0.2) is 36.2 Å². The summed E-state index contributed by atoms with van der Waals surface area (Å²) in [6, 6.07) is 0. The summed E-state index contributed by atoms with van der Waals surface area (Å²) in [5.41, 5.74) is 0.135. The summed E-state index contributed by atoms with van der Waals surface area (Å²) in [6.45, 7) is 11.1. The van der Waals surface area contributed by atoms with Crippen LogP contribution in [0, 0.1) is 11.8 Å². The largest absolute Gasteiger partial charge is 0.375 e. The minimum Gasteiger partial charge on any atom is -0.375 e. The molecular weight excluding hydrogens is 162 g/mol. The Labute approximate surface area is 81.3 Å². The molecular formula is C11H19NO. The second-order valence-corrected chi connectivity index (χ2v) is 4.24. The van der Waals surface area contributed by atoms with E-state index in [1.807, 2.05) is 6.92 Å². The predicted octanol–water partition coefficient (Wildman–Crippen LogP) is 1.51. The maximum Gasteiger partial charge on any atom is 0.0675 e. The van der Waals surface area contributed by atoms with Crippen LogP contribution < -0.4 is 0 Å². The van der Waals surface area contributed by atoms with Gasteiger partial charge in [-0.05, 0) is 27.7 Å². The molecule has 1 atom stereocenters. The lowest BCUT2D eigenvalue weighted by Gasteiger charge is -2.43. The normalized spacial score (nSPS) is 27.8. The number of rotatable bonds is 1. The molecule has 2 nitrogen and oxygen atoms in total. The van der Waals surface area contributed by atoms with Gasteiger partial charge < -0.3 is 4.74 Å². The van der Waals surface area contributed by atoms with E-state index in [4.69, 9.17) is 4.74 Å². The highest BCUT2D eigenvalue weighted by atomic mass is 16.5. The van der Waals surface area contributed by atoms with E-state index in [9.17, 15) is 0 Å². The Morgan fingerprint density at radius 1 is 1.54 bits per heavy atom. The first-order chi connectivity index (χ1) is 6.06. The molecule has 0 N–H and O–H groups in total. The Morgan fingerprint density at radius 3 is 2.85 bits per heavy atom. The third-order valence-corrected chi connectivity index (χ3v) is 2.50. The van der Waals surface area contributed by atoms with Gasteiger partial charge in [-0.25, -0.2) is 0 Å². The maximum absolute atomic E-state index is 5.61. The summed E-state index contributed by atoms with van der Waals surface area (Å²) in [6.07, 6.45) is 0.340. The molecule has 2 heteroatoms. The van der Waals surface area contributed by atoms with Gasteiger partial charge in [0, 0.05) is 12.1 Å². The van der Waals surface area contributed by atoms with E-state index in [1.54, 1.807) is 0 Å². The fourth-order valence-electron chi connectivity index (χ4n) is 1.50. The number of nitrogens with zero attached hydrogens (tertiary/aromatic N) is 1. The Bertz CT molecular complexity index is 224. The first-order valence-electron chi connectivity index (χ1n) is 4.82. The quantitative estimate of drug-likeness (QED) is 0.569. The van der Waals surface area contributed by atoms with Gasteiger partial charge in [0.1, 0.15) is 0 Å². The minimum absolute atomic E-state index is 0.135. The average molecular weight is 181 g/mol. The summed E-state index contributed by atoms with van der Waals surface area (Å²) in [5, 5.41) is 0. The Hall–Kier alpha value is -0.520. The molecule has 1 unspecified atom stereocenters. The van der Waals surface area contributed by atoms with E-state index in [0.29, 0.717) is 6.10 Å². The van der Waals surface area contributed by atoms with Gasteiger partial charge in [-0.1, -0.05) is 5.92 Å². The summed E-state index contributed by atoms with van der Waals surface area (Å²) < 4.78 is 5.61. The maximum atomic E-state index is 5.61. The molecule has 0 aromatic carbocycles. The molecule has 0 amide bonds. The molecule has 0 aromatic rings. The molecule has 1 aliphatic rings. The van der Waals surface area contributed by atoms with Gasteiger partial charge in [0.2, 0.25) is 0 Å². The first kappa shape index (κ1) is 10.6. The van der Waals surface area contributed by atoms with Crippen molar-refractivity contribution < 1.29 is 4.74 Å². The van der Waals surface area contributed by atoms with Crippen LogP contribution in [0.3, 0.4) is 0 Å². The van der Waals surface area contributed by atoms with Crippen molar-refractivity contribution in [3.8, 4) is 11.8 Å². The van der Waals surface area contributed by atoms with Crippen LogP contribution in [0.15, 0.2) is 0 Å². The van der Waals surface area contributed by atoms with Crippen molar-refractivity contribution >= 4 is 0 Å². The van der Waals surface area contributed by atoms with E-state index < -0.39 is 0 Å². The molecule has 0 bridgehead atoms. The van der Waals surface area contributed by atoms with E-state index in [-0.39, 0.29) is 5.54 Å². The van der Waals surface area contributed by atoms with E-state index in [2.05, 4.69) is 37.5 Å². The zero-order valence-electron chi connectivity index (χ0n) is 9.05. The summed E-state index contributed by atoms with van der Waals surface area (Å²) in [4.78, 5) is 2.39. The van der Waals surface area contributed by atoms with Gasteiger partial charge in [-0.2, -0.15) is 0 Å². The number of morpholine rings is 1. The zero-order chi connectivity index (χ0) is 9.90. The lowest BCUT2D eigenvalue weighted by Crippen LogP contribution is -2.55. The van der Waals surface area contributed by atoms with Gasteiger partial charge in [0.05, 0.1) is 19.3 Å². The highest BCUT2D eigenvalue weighted by Crippen LogP contribution is 2.20. The lowest BCUT2D eigenvalue weighted by atomic mass is 10.0. The van der Waals surface area contributed by atoms with Gasteiger partial charge >= 0.3 is 0 Å². The van der Waals surface area contributed by atoms with Crippen molar-refractivity contribution in [2.75, 3.05) is 19.7 Å². The Kier molecular flexibility index (Phi) is 3.35. The molecule has 0 aliphatic carbocycles. The lowest BCUT2D eigenvalue weighted by molar-refractivity contribution is -0.0856. The van der Waals surface area contributed by atoms with Crippen molar-refractivity contribution in [2.24, 2.45) is 0 Å². The van der Waals surface area contributed by atoms with E-state index >= 15 is 0 Å². The third kappa shape index (κ3) is 2.72. The molecule has 1 rings (SSSR count). The minimum atomic E-state index is 0.135. The monoisotopic (exact) mass is 181 g/mol. The van der Waals surface area contributed by atoms with Crippen molar-refractivity contribution in [3.63, 3.8) is 0 Å². The standard InChI is InChI=1S/C11H19NO/c1-5-6-7-12-8-10(2)13-9-11(12,3)4/h10H,7-9H2,1-4H3. The first-order valence-corrected chi connectivity index (χ1v) is 4.82. The summed E-state index contributed by atoms with van der Waals surface area (Å²) in [5.74, 6) is 6.05. The van der Waals surface area contributed by atoms with Crippen molar-refractivity contribution in [3.05, 3.63) is 0 Å². The van der Waals surface area contributed by atoms with E-state index in [1.165, 1.54) is 0 Å². The molecule has 74 valence electrons. The molecule has 0 radical (unpaired) electrons. The van der Waals surface area contributed by atoms with Crippen molar-refractivity contribution in [1.82, 2.24) is 4.90 Å². The molecule has 1 saturated heterocycles. The number of hydrogen-bond donors (Lipinski definition) is 0. The second-order valence-electron chi connectivity index (χ2n) is 4.24. The zero-order valence-corrected chi connectivity index (χ0v) is 9.05. The second kappa shape index (κ2) is 4.13. The van der Waals surface area contributed by atoms with Crippen LogP contribution in [-0.2, 0) is 4.74 Å². The van der Waals surface area contributed by atoms with Gasteiger partial charge in [-0.15, -0.1) is 5.92 Å². The molecule has 0 saturated carbocycles. The van der Waals surface area contributed by atoms with Crippen LogP contribution in [0.2, 0.25) is 0 Å². The highest BCUT2D eigenvalue weighted by molar-refractivity contribution is 5.01. The van der Waals surface area contributed by atoms with Crippen LogP contribution in [0.5, 0.6) is 0 Å². The highest BCUT2D eigenvalue weighted by Gasteiger charge is 2.32. The smallest absolute Gasteiger partial charge is 0.0675 e. The van der Waals surface area contributed by atoms with Gasteiger partial charge in [0.25, 0.3) is 0 Å². The number of hydrogen-bond acceptors (Lipinski definition) is 2.